The summed E-state index contributed by atoms with van der Waals surface area (Å²) in [4.78, 5) is 2.35. The second kappa shape index (κ2) is 6.46. The maximum atomic E-state index is 6.39. The third-order valence-corrected chi connectivity index (χ3v) is 3.32. The Morgan fingerprint density at radius 3 is 2.53 bits per heavy atom. The lowest BCUT2D eigenvalue weighted by molar-refractivity contribution is 0.159. The molecular weight excluding hydrogens is 188 g/mol. The molecule has 1 aliphatic rings. The molecule has 15 heavy (non-hydrogen) atoms. The molecule has 3 heteroatoms. The van der Waals surface area contributed by atoms with E-state index in [0.717, 1.165) is 26.1 Å². The summed E-state index contributed by atoms with van der Waals surface area (Å²) in [7, 11) is 3.92. The van der Waals surface area contributed by atoms with Gasteiger partial charge in [0, 0.05) is 32.3 Å². The molecule has 0 atom stereocenters. The molecule has 1 aliphatic carbocycles. The zero-order valence-corrected chi connectivity index (χ0v) is 10.3. The Hall–Kier alpha value is -0.120. The van der Waals surface area contributed by atoms with Crippen molar-refractivity contribution in [3.05, 3.63) is 0 Å². The van der Waals surface area contributed by atoms with Gasteiger partial charge in [0.25, 0.3) is 0 Å². The lowest BCUT2D eigenvalue weighted by Gasteiger charge is -2.36. The molecule has 0 aromatic heterocycles. The van der Waals surface area contributed by atoms with E-state index >= 15 is 0 Å². The fraction of sp³-hybridized carbons (Fsp3) is 1.00. The van der Waals surface area contributed by atoms with Gasteiger partial charge in [-0.2, -0.15) is 0 Å². The van der Waals surface area contributed by atoms with Gasteiger partial charge in [0.1, 0.15) is 0 Å². The van der Waals surface area contributed by atoms with Gasteiger partial charge >= 0.3 is 0 Å². The van der Waals surface area contributed by atoms with Crippen LogP contribution in [0, 0.1) is 0 Å². The summed E-state index contributed by atoms with van der Waals surface area (Å²) in [5, 5.41) is 0. The van der Waals surface area contributed by atoms with Crippen LogP contribution in [-0.4, -0.2) is 44.3 Å². The number of nitrogens with zero attached hydrogens (tertiary/aromatic N) is 1. The van der Waals surface area contributed by atoms with Crippen molar-refractivity contribution in [2.75, 3.05) is 33.9 Å². The van der Waals surface area contributed by atoms with Crippen molar-refractivity contribution in [1.29, 1.82) is 0 Å². The summed E-state index contributed by atoms with van der Waals surface area (Å²) in [6.07, 6.45) is 7.48. The van der Waals surface area contributed by atoms with Gasteiger partial charge in [0.2, 0.25) is 0 Å². The molecule has 0 aliphatic heterocycles. The zero-order valence-electron chi connectivity index (χ0n) is 10.3. The van der Waals surface area contributed by atoms with Crippen LogP contribution >= 0.6 is 0 Å². The summed E-state index contributed by atoms with van der Waals surface area (Å²) in [6, 6.07) is 0. The van der Waals surface area contributed by atoms with Crippen LogP contribution in [0.1, 0.15) is 38.5 Å². The predicted octanol–water partition coefficient (Wildman–Crippen LogP) is 1.62. The van der Waals surface area contributed by atoms with E-state index in [2.05, 4.69) is 11.9 Å². The quantitative estimate of drug-likeness (QED) is 0.683. The first kappa shape index (κ1) is 12.9. The van der Waals surface area contributed by atoms with E-state index in [-0.39, 0.29) is 5.54 Å². The van der Waals surface area contributed by atoms with Gasteiger partial charge in [-0.15, -0.1) is 0 Å². The first-order valence-corrected chi connectivity index (χ1v) is 6.13. The molecule has 0 amide bonds. The Morgan fingerprint density at radius 1 is 1.27 bits per heavy atom. The van der Waals surface area contributed by atoms with E-state index in [1.54, 1.807) is 7.11 Å². The van der Waals surface area contributed by atoms with Gasteiger partial charge in [-0.1, -0.05) is 19.3 Å². The van der Waals surface area contributed by atoms with Crippen molar-refractivity contribution in [3.8, 4) is 0 Å². The molecule has 0 spiro atoms. The lowest BCUT2D eigenvalue weighted by atomic mass is 9.82. The minimum Gasteiger partial charge on any atom is -0.385 e. The number of hydrogen-bond acceptors (Lipinski definition) is 3. The van der Waals surface area contributed by atoms with E-state index in [1.807, 2.05) is 0 Å². The highest BCUT2D eigenvalue weighted by molar-refractivity contribution is 4.89. The van der Waals surface area contributed by atoms with E-state index in [4.69, 9.17) is 10.5 Å². The lowest BCUT2D eigenvalue weighted by Crippen LogP contribution is -2.50. The van der Waals surface area contributed by atoms with Crippen LogP contribution in [0.5, 0.6) is 0 Å². The monoisotopic (exact) mass is 214 g/mol. The first-order chi connectivity index (χ1) is 7.16. The molecule has 0 aromatic carbocycles. The molecular formula is C12H26N2O. The minimum absolute atomic E-state index is 0.0834. The fourth-order valence-electron chi connectivity index (χ4n) is 2.51. The van der Waals surface area contributed by atoms with E-state index in [0.29, 0.717) is 0 Å². The first-order valence-electron chi connectivity index (χ1n) is 6.13. The highest BCUT2D eigenvalue weighted by atomic mass is 16.5. The molecule has 0 bridgehead atoms. The maximum Gasteiger partial charge on any atom is 0.0474 e. The summed E-state index contributed by atoms with van der Waals surface area (Å²) in [5.41, 5.74) is 6.47. The van der Waals surface area contributed by atoms with Crippen LogP contribution in [-0.2, 0) is 4.74 Å². The fourth-order valence-corrected chi connectivity index (χ4v) is 2.51. The Balaban J connectivity index is 2.20. The Morgan fingerprint density at radius 2 is 1.93 bits per heavy atom. The number of methoxy groups -OCH3 is 1. The molecule has 0 aromatic rings. The van der Waals surface area contributed by atoms with Crippen molar-refractivity contribution >= 4 is 0 Å². The third-order valence-electron chi connectivity index (χ3n) is 3.32. The molecule has 0 radical (unpaired) electrons. The van der Waals surface area contributed by atoms with Gasteiger partial charge in [-0.3, -0.25) is 0 Å². The molecule has 90 valence electrons. The largest absolute Gasteiger partial charge is 0.385 e. The topological polar surface area (TPSA) is 38.5 Å². The third kappa shape index (κ3) is 4.96. The average Bonchev–Trinajstić information content (AvgIpc) is 2.18. The number of nitrogens with two attached hydrogens (primary N) is 1. The van der Waals surface area contributed by atoms with Crippen LogP contribution in [0.3, 0.4) is 0 Å². The predicted molar refractivity (Wildman–Crippen MR) is 64.0 cm³/mol. The minimum atomic E-state index is 0.0834. The van der Waals surface area contributed by atoms with Crippen LogP contribution in [0.25, 0.3) is 0 Å². The smallest absolute Gasteiger partial charge is 0.0474 e. The van der Waals surface area contributed by atoms with Crippen LogP contribution < -0.4 is 5.73 Å². The number of ether oxygens (including phenoxy) is 1. The molecule has 0 unspecified atom stereocenters. The standard InChI is InChI=1S/C12H26N2O/c1-14(9-6-10-15-2)11-12(13)7-4-3-5-8-12/h3-11,13H2,1-2H3. The Labute approximate surface area is 94.0 Å². The summed E-state index contributed by atoms with van der Waals surface area (Å²) in [5.74, 6) is 0. The number of hydrogen-bond donors (Lipinski definition) is 1. The molecule has 0 heterocycles. The van der Waals surface area contributed by atoms with Gasteiger partial charge in [-0.25, -0.2) is 0 Å². The highest BCUT2D eigenvalue weighted by Crippen LogP contribution is 2.26. The Bertz CT molecular complexity index is 167. The van der Waals surface area contributed by atoms with Gasteiger partial charge < -0.3 is 15.4 Å². The molecule has 2 N–H and O–H groups in total. The summed E-state index contributed by atoms with van der Waals surface area (Å²) < 4.78 is 5.05. The molecule has 1 rings (SSSR count). The number of rotatable bonds is 6. The summed E-state index contributed by atoms with van der Waals surface area (Å²) >= 11 is 0. The second-order valence-corrected chi connectivity index (χ2v) is 5.01. The normalized spacial score (nSPS) is 20.8. The Kier molecular flexibility index (Phi) is 5.58. The van der Waals surface area contributed by atoms with Gasteiger partial charge in [0.05, 0.1) is 0 Å². The van der Waals surface area contributed by atoms with Crippen LogP contribution in [0.2, 0.25) is 0 Å². The van der Waals surface area contributed by atoms with Crippen molar-refractivity contribution in [2.24, 2.45) is 5.73 Å². The van der Waals surface area contributed by atoms with Crippen LogP contribution in [0.4, 0.5) is 0 Å². The van der Waals surface area contributed by atoms with E-state index in [1.165, 1.54) is 32.1 Å². The zero-order chi connectivity index (χ0) is 11.1. The molecule has 3 nitrogen and oxygen atoms in total. The molecule has 1 saturated carbocycles. The molecule has 0 saturated heterocycles. The maximum absolute atomic E-state index is 6.39. The SMILES string of the molecule is COCCCN(C)CC1(N)CCCCC1. The average molecular weight is 214 g/mol. The van der Waals surface area contributed by atoms with E-state index in [9.17, 15) is 0 Å². The van der Waals surface area contributed by atoms with E-state index < -0.39 is 0 Å². The van der Waals surface area contributed by atoms with Gasteiger partial charge in [-0.05, 0) is 26.3 Å². The van der Waals surface area contributed by atoms with Gasteiger partial charge in [0.15, 0.2) is 0 Å². The van der Waals surface area contributed by atoms with Crippen LogP contribution in [0.15, 0.2) is 0 Å². The molecule has 1 fully saturated rings. The second-order valence-electron chi connectivity index (χ2n) is 5.01. The number of likely N-dealkylation sites (N-methyl/N-ethyl adjacent to an activating group) is 1. The van der Waals surface area contributed by atoms with Crippen molar-refractivity contribution in [1.82, 2.24) is 4.90 Å². The van der Waals surface area contributed by atoms with Crippen molar-refractivity contribution in [2.45, 2.75) is 44.1 Å². The van der Waals surface area contributed by atoms with Crippen molar-refractivity contribution in [3.63, 3.8) is 0 Å². The van der Waals surface area contributed by atoms with Crippen molar-refractivity contribution < 1.29 is 4.74 Å². The highest BCUT2D eigenvalue weighted by Gasteiger charge is 2.28. The summed E-state index contributed by atoms with van der Waals surface area (Å²) in [6.45, 7) is 2.98.